The Morgan fingerprint density at radius 1 is 0.897 bits per heavy atom. The zero-order valence-corrected chi connectivity index (χ0v) is 17.0. The molecule has 0 saturated heterocycles. The number of aryl methyl sites for hydroxylation is 2. The Morgan fingerprint density at radius 2 is 1.76 bits per heavy atom. The fraction of sp³-hybridized carbons (Fsp3) is 0.192. The van der Waals surface area contributed by atoms with Gasteiger partial charge in [0.1, 0.15) is 11.6 Å². The molecule has 0 radical (unpaired) electrons. The third kappa shape index (κ3) is 3.86. The molecular weight excluding hydrogens is 361 g/mol. The number of nitrogens with zero attached hydrogens (tertiary/aromatic N) is 1. The van der Waals surface area contributed by atoms with Gasteiger partial charge >= 0.3 is 0 Å². The van der Waals surface area contributed by atoms with Crippen LogP contribution in [0.3, 0.4) is 0 Å². The molecule has 0 spiro atoms. The Morgan fingerprint density at radius 3 is 2.55 bits per heavy atom. The van der Waals surface area contributed by atoms with Gasteiger partial charge in [-0.1, -0.05) is 31.2 Å². The normalized spacial score (nSPS) is 11.0. The number of hydrogen-bond acceptors (Lipinski definition) is 2. The molecule has 1 heterocycles. The Bertz CT molecular complexity index is 1180. The van der Waals surface area contributed by atoms with Crippen LogP contribution in [0.25, 0.3) is 33.3 Å². The smallest absolute Gasteiger partial charge is 0.123 e. The molecule has 0 saturated carbocycles. The molecule has 0 aliphatic heterocycles. The highest BCUT2D eigenvalue weighted by Crippen LogP contribution is 2.32. The predicted molar refractivity (Wildman–Crippen MR) is 118 cm³/mol. The maximum atomic E-state index is 13.6. The van der Waals surface area contributed by atoms with Gasteiger partial charge in [0.25, 0.3) is 0 Å². The standard InChI is InChI=1S/C26H24FNO/c1-4-18-14-20(9-11-23(18)19-7-6-8-22(15-19)29-5-2)26-13-17(3)24-16-21(27)10-12-25(24)28-26/h6-16H,4-5H2,1-3H3. The van der Waals surface area contributed by atoms with Crippen molar-refractivity contribution in [1.29, 1.82) is 0 Å². The van der Waals surface area contributed by atoms with Gasteiger partial charge in [-0.25, -0.2) is 9.37 Å². The van der Waals surface area contributed by atoms with Crippen molar-refractivity contribution >= 4 is 10.9 Å². The summed E-state index contributed by atoms with van der Waals surface area (Å²) in [6, 6.07) is 21.5. The Balaban J connectivity index is 1.78. The van der Waals surface area contributed by atoms with Crippen molar-refractivity contribution in [3.05, 3.63) is 83.7 Å². The average Bonchev–Trinajstić information content (AvgIpc) is 2.74. The number of fused-ring (bicyclic) bond motifs is 1. The van der Waals surface area contributed by atoms with Crippen molar-refractivity contribution in [2.45, 2.75) is 27.2 Å². The van der Waals surface area contributed by atoms with Crippen LogP contribution in [0.4, 0.5) is 4.39 Å². The lowest BCUT2D eigenvalue weighted by Gasteiger charge is -2.13. The zero-order chi connectivity index (χ0) is 20.4. The van der Waals surface area contributed by atoms with Gasteiger partial charge in [-0.3, -0.25) is 0 Å². The summed E-state index contributed by atoms with van der Waals surface area (Å²) in [5.41, 5.74) is 7.43. The first-order chi connectivity index (χ1) is 14.1. The maximum absolute atomic E-state index is 13.6. The minimum absolute atomic E-state index is 0.234. The van der Waals surface area contributed by atoms with Gasteiger partial charge in [-0.05, 0) is 85.0 Å². The van der Waals surface area contributed by atoms with Crippen LogP contribution in [0, 0.1) is 12.7 Å². The fourth-order valence-electron chi connectivity index (χ4n) is 3.76. The second kappa shape index (κ2) is 8.04. The van der Waals surface area contributed by atoms with Gasteiger partial charge in [0, 0.05) is 10.9 Å². The van der Waals surface area contributed by atoms with Crippen LogP contribution in [-0.2, 0) is 6.42 Å². The van der Waals surface area contributed by atoms with Gasteiger partial charge in [0.2, 0.25) is 0 Å². The molecule has 0 aliphatic rings. The zero-order valence-electron chi connectivity index (χ0n) is 17.0. The van der Waals surface area contributed by atoms with Crippen LogP contribution >= 0.6 is 0 Å². The van der Waals surface area contributed by atoms with Crippen molar-refractivity contribution in [2.24, 2.45) is 0 Å². The fourth-order valence-corrected chi connectivity index (χ4v) is 3.76. The summed E-state index contributed by atoms with van der Waals surface area (Å²) in [4.78, 5) is 4.78. The molecule has 0 atom stereocenters. The van der Waals surface area contributed by atoms with E-state index in [4.69, 9.17) is 9.72 Å². The molecule has 0 amide bonds. The van der Waals surface area contributed by atoms with E-state index in [2.05, 4.69) is 37.3 Å². The SMILES string of the molecule is CCOc1cccc(-c2ccc(-c3cc(C)c4cc(F)ccc4n3)cc2CC)c1. The van der Waals surface area contributed by atoms with E-state index in [1.165, 1.54) is 17.2 Å². The largest absolute Gasteiger partial charge is 0.494 e. The number of benzene rings is 3. The summed E-state index contributed by atoms with van der Waals surface area (Å²) in [6.45, 7) is 6.81. The number of pyridine rings is 1. The Kier molecular flexibility index (Phi) is 5.30. The van der Waals surface area contributed by atoms with Crippen LogP contribution in [0.2, 0.25) is 0 Å². The van der Waals surface area contributed by atoms with E-state index in [1.54, 1.807) is 12.1 Å². The predicted octanol–water partition coefficient (Wildman–Crippen LogP) is 6.98. The Labute approximate surface area is 171 Å². The van der Waals surface area contributed by atoms with E-state index in [0.29, 0.717) is 6.61 Å². The summed E-state index contributed by atoms with van der Waals surface area (Å²) in [5, 5.41) is 0.855. The average molecular weight is 385 g/mol. The molecule has 29 heavy (non-hydrogen) atoms. The molecule has 3 heteroatoms. The number of aromatic nitrogens is 1. The molecule has 0 fully saturated rings. The molecule has 146 valence electrons. The molecule has 3 aromatic carbocycles. The number of halogens is 1. The second-order valence-electron chi connectivity index (χ2n) is 7.17. The first-order valence-electron chi connectivity index (χ1n) is 10.0. The minimum Gasteiger partial charge on any atom is -0.494 e. The summed E-state index contributed by atoms with van der Waals surface area (Å²) < 4.78 is 19.2. The van der Waals surface area contributed by atoms with E-state index >= 15 is 0 Å². The summed E-state index contributed by atoms with van der Waals surface area (Å²) in [5.74, 6) is 0.650. The topological polar surface area (TPSA) is 22.1 Å². The Hall–Kier alpha value is -3.20. The molecule has 0 N–H and O–H groups in total. The van der Waals surface area contributed by atoms with Crippen LogP contribution in [0.1, 0.15) is 25.0 Å². The lowest BCUT2D eigenvalue weighted by molar-refractivity contribution is 0.340. The number of rotatable bonds is 5. The van der Waals surface area contributed by atoms with E-state index in [1.807, 2.05) is 32.0 Å². The molecule has 0 unspecified atom stereocenters. The summed E-state index contributed by atoms with van der Waals surface area (Å²) in [6.07, 6.45) is 0.916. The van der Waals surface area contributed by atoms with Gasteiger partial charge in [-0.2, -0.15) is 0 Å². The molecule has 4 rings (SSSR count). The minimum atomic E-state index is -0.234. The quantitative estimate of drug-likeness (QED) is 0.370. The van der Waals surface area contributed by atoms with Crippen molar-refractivity contribution in [3.63, 3.8) is 0 Å². The van der Waals surface area contributed by atoms with Crippen LogP contribution in [0.5, 0.6) is 5.75 Å². The van der Waals surface area contributed by atoms with Gasteiger partial charge < -0.3 is 4.74 Å². The second-order valence-corrected chi connectivity index (χ2v) is 7.17. The third-order valence-corrected chi connectivity index (χ3v) is 5.22. The first-order valence-corrected chi connectivity index (χ1v) is 10.0. The molecule has 2 nitrogen and oxygen atoms in total. The lowest BCUT2D eigenvalue weighted by Crippen LogP contribution is -1.94. The molecular formula is C26H24FNO. The molecule has 0 bridgehead atoms. The van der Waals surface area contributed by atoms with Crippen LogP contribution in [-0.4, -0.2) is 11.6 Å². The van der Waals surface area contributed by atoms with Crippen molar-refractivity contribution in [3.8, 4) is 28.1 Å². The monoisotopic (exact) mass is 385 g/mol. The van der Waals surface area contributed by atoms with E-state index in [0.717, 1.165) is 45.5 Å². The number of hydrogen-bond donors (Lipinski definition) is 0. The third-order valence-electron chi connectivity index (χ3n) is 5.22. The molecule has 1 aromatic heterocycles. The van der Waals surface area contributed by atoms with Crippen LogP contribution in [0.15, 0.2) is 66.7 Å². The lowest BCUT2D eigenvalue weighted by atomic mass is 9.94. The highest BCUT2D eigenvalue weighted by Gasteiger charge is 2.10. The summed E-state index contributed by atoms with van der Waals surface area (Å²) >= 11 is 0. The van der Waals surface area contributed by atoms with Crippen molar-refractivity contribution < 1.29 is 9.13 Å². The van der Waals surface area contributed by atoms with E-state index < -0.39 is 0 Å². The molecule has 4 aromatic rings. The van der Waals surface area contributed by atoms with Crippen molar-refractivity contribution in [1.82, 2.24) is 4.98 Å². The highest BCUT2D eigenvalue weighted by molar-refractivity contribution is 5.85. The molecule has 0 aliphatic carbocycles. The van der Waals surface area contributed by atoms with E-state index in [-0.39, 0.29) is 5.82 Å². The van der Waals surface area contributed by atoms with Gasteiger partial charge in [-0.15, -0.1) is 0 Å². The maximum Gasteiger partial charge on any atom is 0.123 e. The number of ether oxygens (including phenoxy) is 1. The van der Waals surface area contributed by atoms with E-state index in [9.17, 15) is 4.39 Å². The first kappa shape index (κ1) is 19.1. The van der Waals surface area contributed by atoms with Crippen LogP contribution < -0.4 is 4.74 Å². The van der Waals surface area contributed by atoms with Gasteiger partial charge in [0.15, 0.2) is 0 Å². The van der Waals surface area contributed by atoms with Crippen molar-refractivity contribution in [2.75, 3.05) is 6.61 Å². The summed E-state index contributed by atoms with van der Waals surface area (Å²) in [7, 11) is 0. The van der Waals surface area contributed by atoms with Gasteiger partial charge in [0.05, 0.1) is 17.8 Å². The highest BCUT2D eigenvalue weighted by atomic mass is 19.1.